The van der Waals surface area contributed by atoms with E-state index in [1.54, 1.807) is 31.4 Å². The lowest BCUT2D eigenvalue weighted by Gasteiger charge is -2.22. The highest BCUT2D eigenvalue weighted by atomic mass is 35.5. The van der Waals surface area contributed by atoms with Crippen LogP contribution in [0, 0.1) is 11.3 Å². The van der Waals surface area contributed by atoms with E-state index in [0.717, 1.165) is 18.8 Å². The van der Waals surface area contributed by atoms with Crippen LogP contribution in [0.5, 0.6) is 5.75 Å². The van der Waals surface area contributed by atoms with Crippen LogP contribution in [-0.4, -0.2) is 26.1 Å². The van der Waals surface area contributed by atoms with E-state index in [-0.39, 0.29) is 5.57 Å². The van der Waals surface area contributed by atoms with Crippen molar-refractivity contribution in [3.63, 3.8) is 0 Å². The second-order valence-corrected chi connectivity index (χ2v) is 6.11. The highest BCUT2D eigenvalue weighted by Crippen LogP contribution is 2.28. The molecule has 5 nitrogen and oxygen atoms in total. The van der Waals surface area contributed by atoms with Gasteiger partial charge in [-0.15, -0.1) is 0 Å². The Kier molecular flexibility index (Phi) is 7.27. The van der Waals surface area contributed by atoms with E-state index in [4.69, 9.17) is 16.3 Å². The van der Waals surface area contributed by atoms with E-state index in [0.29, 0.717) is 22.0 Å². The van der Waals surface area contributed by atoms with Crippen molar-refractivity contribution in [2.75, 3.05) is 30.4 Å². The zero-order valence-corrected chi connectivity index (χ0v) is 16.4. The van der Waals surface area contributed by atoms with Gasteiger partial charge in [0.05, 0.1) is 17.8 Å². The molecule has 0 aliphatic rings. The fourth-order valence-electron chi connectivity index (χ4n) is 2.66. The molecule has 0 aliphatic carbocycles. The summed E-state index contributed by atoms with van der Waals surface area (Å²) in [4.78, 5) is 14.6. The minimum Gasteiger partial charge on any atom is -0.496 e. The highest BCUT2D eigenvalue weighted by Gasteiger charge is 2.13. The van der Waals surface area contributed by atoms with E-state index in [2.05, 4.69) is 24.1 Å². The standard InChI is InChI=1S/C21H22ClN3O2/c1-4-25(5-2)17-11-10-15(20(13-17)27-3)12-16(14-23)21(26)24-19-9-7-6-8-18(19)22/h6-13H,4-5H2,1-3H3,(H,24,26)/b16-12+. The number of methoxy groups -OCH3 is 1. The third-order valence-corrected chi connectivity index (χ3v) is 4.46. The van der Waals surface area contributed by atoms with Gasteiger partial charge in [0, 0.05) is 30.4 Å². The Morgan fingerprint density at radius 3 is 2.56 bits per heavy atom. The number of anilines is 2. The Balaban J connectivity index is 2.32. The summed E-state index contributed by atoms with van der Waals surface area (Å²) in [6.45, 7) is 5.91. The Hall–Kier alpha value is -2.97. The molecule has 0 radical (unpaired) electrons. The summed E-state index contributed by atoms with van der Waals surface area (Å²) >= 11 is 6.06. The normalized spacial score (nSPS) is 10.9. The SMILES string of the molecule is CCN(CC)c1ccc(/C=C(\C#N)C(=O)Nc2ccccc2Cl)c(OC)c1. The van der Waals surface area contributed by atoms with E-state index >= 15 is 0 Å². The van der Waals surface area contributed by atoms with Crippen LogP contribution in [0.2, 0.25) is 5.02 Å². The number of para-hydroxylation sites is 1. The molecule has 0 aromatic heterocycles. The molecule has 2 rings (SSSR count). The van der Waals surface area contributed by atoms with Gasteiger partial charge >= 0.3 is 0 Å². The van der Waals surface area contributed by atoms with Gasteiger partial charge in [0.1, 0.15) is 17.4 Å². The first kappa shape index (κ1) is 20.3. The summed E-state index contributed by atoms with van der Waals surface area (Å²) in [5.41, 5.74) is 2.09. The number of nitrogens with zero attached hydrogens (tertiary/aromatic N) is 2. The maximum atomic E-state index is 12.5. The van der Waals surface area contributed by atoms with Gasteiger partial charge in [-0.2, -0.15) is 5.26 Å². The third-order valence-electron chi connectivity index (χ3n) is 4.13. The average molecular weight is 384 g/mol. The molecular weight excluding hydrogens is 362 g/mol. The second kappa shape index (κ2) is 9.65. The minimum absolute atomic E-state index is 0.0381. The molecule has 2 aromatic carbocycles. The lowest BCUT2D eigenvalue weighted by molar-refractivity contribution is -0.112. The van der Waals surface area contributed by atoms with Crippen molar-refractivity contribution in [2.24, 2.45) is 0 Å². The van der Waals surface area contributed by atoms with Gasteiger partial charge in [0.2, 0.25) is 0 Å². The fourth-order valence-corrected chi connectivity index (χ4v) is 2.84. The molecule has 0 heterocycles. The maximum Gasteiger partial charge on any atom is 0.266 e. The molecule has 0 unspecified atom stereocenters. The number of nitrogens with one attached hydrogen (secondary N) is 1. The molecule has 0 saturated carbocycles. The Morgan fingerprint density at radius 2 is 1.96 bits per heavy atom. The molecule has 0 spiro atoms. The molecule has 0 aliphatic heterocycles. The third kappa shape index (κ3) is 5.02. The number of hydrogen-bond acceptors (Lipinski definition) is 4. The van der Waals surface area contributed by atoms with Crippen molar-refractivity contribution in [3.8, 4) is 11.8 Å². The molecule has 0 fully saturated rings. The van der Waals surface area contributed by atoms with Crippen LogP contribution in [0.4, 0.5) is 11.4 Å². The molecule has 2 aromatic rings. The van der Waals surface area contributed by atoms with Crippen molar-refractivity contribution >= 4 is 35.0 Å². The molecule has 140 valence electrons. The quantitative estimate of drug-likeness (QED) is 0.554. The number of hydrogen-bond donors (Lipinski definition) is 1. The van der Waals surface area contributed by atoms with Crippen molar-refractivity contribution in [1.29, 1.82) is 5.26 Å². The van der Waals surface area contributed by atoms with E-state index < -0.39 is 5.91 Å². The van der Waals surface area contributed by atoms with Crippen LogP contribution in [0.3, 0.4) is 0 Å². The lowest BCUT2D eigenvalue weighted by Crippen LogP contribution is -2.21. The number of halogens is 1. The Bertz CT molecular complexity index is 883. The monoisotopic (exact) mass is 383 g/mol. The largest absolute Gasteiger partial charge is 0.496 e. The molecule has 1 N–H and O–H groups in total. The molecule has 0 bridgehead atoms. The van der Waals surface area contributed by atoms with Crippen molar-refractivity contribution in [2.45, 2.75) is 13.8 Å². The predicted octanol–water partition coefficient (Wildman–Crippen LogP) is 4.74. The zero-order valence-electron chi connectivity index (χ0n) is 15.6. The van der Waals surface area contributed by atoms with Crippen LogP contribution in [0.1, 0.15) is 19.4 Å². The van der Waals surface area contributed by atoms with Crippen LogP contribution >= 0.6 is 11.6 Å². The van der Waals surface area contributed by atoms with Crippen molar-refractivity contribution < 1.29 is 9.53 Å². The van der Waals surface area contributed by atoms with E-state index in [9.17, 15) is 10.1 Å². The fraction of sp³-hybridized carbons (Fsp3) is 0.238. The molecule has 0 atom stereocenters. The van der Waals surface area contributed by atoms with Crippen molar-refractivity contribution in [1.82, 2.24) is 0 Å². The Labute approximate surface area is 164 Å². The molecular formula is C21H22ClN3O2. The van der Waals surface area contributed by atoms with Crippen LogP contribution in [0.25, 0.3) is 6.08 Å². The lowest BCUT2D eigenvalue weighted by atomic mass is 10.1. The smallest absolute Gasteiger partial charge is 0.266 e. The molecule has 6 heteroatoms. The summed E-state index contributed by atoms with van der Waals surface area (Å²) in [6.07, 6.45) is 1.51. The van der Waals surface area contributed by atoms with Crippen LogP contribution in [0.15, 0.2) is 48.0 Å². The number of carbonyl (C=O) groups is 1. The first-order valence-corrected chi connectivity index (χ1v) is 9.02. The van der Waals surface area contributed by atoms with Gasteiger partial charge in [-0.1, -0.05) is 23.7 Å². The summed E-state index contributed by atoms with van der Waals surface area (Å²) in [5, 5.41) is 12.5. The van der Waals surface area contributed by atoms with Gasteiger partial charge in [-0.3, -0.25) is 4.79 Å². The first-order valence-electron chi connectivity index (χ1n) is 8.64. The van der Waals surface area contributed by atoms with E-state index in [1.807, 2.05) is 24.3 Å². The minimum atomic E-state index is -0.527. The molecule has 1 amide bonds. The van der Waals surface area contributed by atoms with Crippen LogP contribution in [-0.2, 0) is 4.79 Å². The maximum absolute atomic E-state index is 12.5. The zero-order chi connectivity index (χ0) is 19.8. The average Bonchev–Trinajstić information content (AvgIpc) is 2.69. The summed E-state index contributed by atoms with van der Waals surface area (Å²) in [6, 6.07) is 14.5. The topological polar surface area (TPSA) is 65.4 Å². The predicted molar refractivity (Wildman–Crippen MR) is 110 cm³/mol. The van der Waals surface area contributed by atoms with E-state index in [1.165, 1.54) is 6.08 Å². The number of amides is 1. The van der Waals surface area contributed by atoms with Gasteiger partial charge in [0.25, 0.3) is 5.91 Å². The number of nitriles is 1. The first-order chi connectivity index (χ1) is 13.0. The second-order valence-electron chi connectivity index (χ2n) is 5.70. The number of benzene rings is 2. The van der Waals surface area contributed by atoms with Crippen LogP contribution < -0.4 is 15.0 Å². The molecule has 0 saturated heterocycles. The van der Waals surface area contributed by atoms with Crippen molar-refractivity contribution in [3.05, 3.63) is 58.6 Å². The summed E-state index contributed by atoms with van der Waals surface area (Å²) in [5.74, 6) is 0.0677. The molecule has 27 heavy (non-hydrogen) atoms. The van der Waals surface area contributed by atoms with Gasteiger partial charge in [-0.25, -0.2) is 0 Å². The highest BCUT2D eigenvalue weighted by molar-refractivity contribution is 6.34. The Morgan fingerprint density at radius 1 is 1.26 bits per heavy atom. The van der Waals surface area contributed by atoms with Gasteiger partial charge in [-0.05, 0) is 44.2 Å². The van der Waals surface area contributed by atoms with Gasteiger partial charge in [0.15, 0.2) is 0 Å². The summed E-state index contributed by atoms with van der Waals surface area (Å²) in [7, 11) is 1.56. The number of carbonyl (C=O) groups excluding carboxylic acids is 1. The number of rotatable bonds is 7. The number of ether oxygens (including phenoxy) is 1. The van der Waals surface area contributed by atoms with Gasteiger partial charge < -0.3 is 15.0 Å². The summed E-state index contributed by atoms with van der Waals surface area (Å²) < 4.78 is 5.45.